The zero-order valence-electron chi connectivity index (χ0n) is 18.5. The van der Waals surface area contributed by atoms with Crippen molar-refractivity contribution in [3.8, 4) is 11.3 Å². The van der Waals surface area contributed by atoms with Gasteiger partial charge < -0.3 is 14.6 Å². The van der Waals surface area contributed by atoms with Crippen LogP contribution in [0.3, 0.4) is 0 Å². The van der Waals surface area contributed by atoms with Crippen molar-refractivity contribution in [1.82, 2.24) is 20.9 Å². The number of ether oxygens (including phenoxy) is 1. The Hall–Kier alpha value is -3.65. The smallest absolute Gasteiger partial charge is 0.329 e. The fourth-order valence-corrected chi connectivity index (χ4v) is 2.95. The van der Waals surface area contributed by atoms with Crippen molar-refractivity contribution in [3.05, 3.63) is 78.1 Å². The molecule has 0 saturated heterocycles. The van der Waals surface area contributed by atoms with Gasteiger partial charge in [0, 0.05) is 18.2 Å². The van der Waals surface area contributed by atoms with E-state index in [1.807, 2.05) is 60.7 Å². The molecule has 3 aromatic rings. The summed E-state index contributed by atoms with van der Waals surface area (Å²) < 4.78 is 10.8. The average molecular weight is 437 g/mol. The monoisotopic (exact) mass is 436 g/mol. The van der Waals surface area contributed by atoms with Gasteiger partial charge in [-0.05, 0) is 26.3 Å². The number of carbonyl (C=O) groups is 2. The minimum atomic E-state index is -0.634. The van der Waals surface area contributed by atoms with E-state index < -0.39 is 17.6 Å². The van der Waals surface area contributed by atoms with E-state index in [2.05, 4.69) is 15.9 Å². The number of hydrogen-bond acceptors (Lipinski definition) is 6. The fourth-order valence-electron chi connectivity index (χ4n) is 2.95. The second-order valence-electron chi connectivity index (χ2n) is 8.27. The van der Waals surface area contributed by atoms with Crippen LogP contribution in [0.25, 0.3) is 11.3 Å². The van der Waals surface area contributed by atoms with Crippen molar-refractivity contribution in [2.45, 2.75) is 39.5 Å². The number of amides is 2. The van der Waals surface area contributed by atoms with Crippen LogP contribution in [0.15, 0.2) is 71.3 Å². The lowest BCUT2D eigenvalue weighted by Crippen LogP contribution is -2.49. The number of nitrogens with one attached hydrogen (secondary N) is 2. The summed E-state index contributed by atoms with van der Waals surface area (Å²) in [5, 5.41) is 8.30. The third kappa shape index (κ3) is 7.55. The molecule has 0 aliphatic rings. The topological polar surface area (TPSA) is 96.7 Å². The van der Waals surface area contributed by atoms with Gasteiger partial charge in [-0.25, -0.2) is 9.80 Å². The van der Waals surface area contributed by atoms with Crippen LogP contribution in [0.2, 0.25) is 0 Å². The average Bonchev–Trinajstić information content (AvgIpc) is 3.20. The minimum Gasteiger partial charge on any atom is -0.459 e. The lowest BCUT2D eigenvalue weighted by molar-refractivity contribution is -0.156. The van der Waals surface area contributed by atoms with Gasteiger partial charge in [0.1, 0.15) is 17.8 Å². The molecule has 0 fully saturated rings. The van der Waals surface area contributed by atoms with Crippen LogP contribution in [0.1, 0.15) is 32.1 Å². The van der Waals surface area contributed by atoms with E-state index in [0.717, 1.165) is 11.1 Å². The van der Waals surface area contributed by atoms with Gasteiger partial charge in [-0.15, -0.1) is 0 Å². The predicted molar refractivity (Wildman–Crippen MR) is 120 cm³/mol. The number of aromatic nitrogens is 1. The van der Waals surface area contributed by atoms with Crippen LogP contribution in [0, 0.1) is 0 Å². The van der Waals surface area contributed by atoms with Crippen molar-refractivity contribution in [2.75, 3.05) is 6.54 Å². The van der Waals surface area contributed by atoms with E-state index >= 15 is 0 Å². The van der Waals surface area contributed by atoms with Gasteiger partial charge in [0.2, 0.25) is 0 Å². The lowest BCUT2D eigenvalue weighted by atomic mass is 10.1. The summed E-state index contributed by atoms with van der Waals surface area (Å²) >= 11 is 0. The van der Waals surface area contributed by atoms with Crippen molar-refractivity contribution in [3.63, 3.8) is 0 Å². The van der Waals surface area contributed by atoms with Gasteiger partial charge in [-0.2, -0.15) is 0 Å². The molecule has 3 rings (SSSR count). The number of rotatable bonds is 8. The first-order valence-electron chi connectivity index (χ1n) is 10.3. The molecule has 1 aromatic heterocycles. The maximum absolute atomic E-state index is 12.4. The summed E-state index contributed by atoms with van der Waals surface area (Å²) in [7, 11) is 0. The molecule has 2 aromatic carbocycles. The molecule has 8 nitrogen and oxygen atoms in total. The number of urea groups is 1. The molecule has 0 spiro atoms. The number of nitrogens with zero attached hydrogens (tertiary/aromatic N) is 2. The first-order valence-corrected chi connectivity index (χ1v) is 10.3. The second kappa shape index (κ2) is 10.6. The second-order valence-corrected chi connectivity index (χ2v) is 8.27. The Morgan fingerprint density at radius 3 is 2.34 bits per heavy atom. The van der Waals surface area contributed by atoms with Crippen molar-refractivity contribution >= 4 is 12.0 Å². The predicted octanol–water partition coefficient (Wildman–Crippen LogP) is 3.90. The van der Waals surface area contributed by atoms with Crippen LogP contribution in [0.5, 0.6) is 0 Å². The minimum absolute atomic E-state index is 0.137. The summed E-state index contributed by atoms with van der Waals surface area (Å²) in [6.45, 7) is 5.70. The standard InChI is InChI=1S/C24H28N4O4/c1-24(2,3)31-22(29)17-28(26-23(30)25-15-18-10-6-4-7-11-18)16-20-14-21(27-32-20)19-12-8-5-9-13-19/h4-14H,15-17H2,1-3H3,(H2,25,26,30). The number of hydrogen-bond donors (Lipinski definition) is 2. The third-order valence-corrected chi connectivity index (χ3v) is 4.27. The van der Waals surface area contributed by atoms with E-state index in [0.29, 0.717) is 18.0 Å². The van der Waals surface area contributed by atoms with E-state index in [-0.39, 0.29) is 13.1 Å². The molecule has 0 saturated carbocycles. The molecule has 2 amide bonds. The Bertz CT molecular complexity index is 1010. The summed E-state index contributed by atoms with van der Waals surface area (Å²) in [4.78, 5) is 24.8. The molecule has 2 N–H and O–H groups in total. The third-order valence-electron chi connectivity index (χ3n) is 4.27. The van der Waals surface area contributed by atoms with Crippen LogP contribution in [0.4, 0.5) is 4.79 Å². The van der Waals surface area contributed by atoms with Gasteiger partial charge in [0.25, 0.3) is 0 Å². The maximum atomic E-state index is 12.4. The van der Waals surface area contributed by atoms with Crippen molar-refractivity contribution in [2.24, 2.45) is 0 Å². The molecule has 1 heterocycles. The summed E-state index contributed by atoms with van der Waals surface area (Å²) in [6.07, 6.45) is 0. The van der Waals surface area contributed by atoms with Crippen molar-refractivity contribution in [1.29, 1.82) is 0 Å². The zero-order chi connectivity index (χ0) is 23.0. The number of hydrazine groups is 1. The molecule has 0 aliphatic heterocycles. The largest absolute Gasteiger partial charge is 0.459 e. The Morgan fingerprint density at radius 2 is 1.69 bits per heavy atom. The number of carbonyl (C=O) groups excluding carboxylic acids is 2. The maximum Gasteiger partial charge on any atom is 0.329 e. The molecule has 168 valence electrons. The molecule has 32 heavy (non-hydrogen) atoms. The lowest BCUT2D eigenvalue weighted by Gasteiger charge is -2.24. The summed E-state index contributed by atoms with van der Waals surface area (Å²) in [5.41, 5.74) is 4.61. The summed E-state index contributed by atoms with van der Waals surface area (Å²) in [5.74, 6) is 0.0272. The Morgan fingerprint density at radius 1 is 1.03 bits per heavy atom. The van der Waals surface area contributed by atoms with E-state index in [1.54, 1.807) is 26.8 Å². The van der Waals surface area contributed by atoms with Gasteiger partial charge in [0.15, 0.2) is 5.76 Å². The van der Waals surface area contributed by atoms with Crippen LogP contribution >= 0.6 is 0 Å². The number of esters is 1. The first-order chi connectivity index (χ1) is 15.3. The molecular formula is C24H28N4O4. The Labute approximate surface area is 187 Å². The van der Waals surface area contributed by atoms with Gasteiger partial charge in [0.05, 0.1) is 6.54 Å². The highest BCUT2D eigenvalue weighted by molar-refractivity contribution is 5.75. The van der Waals surface area contributed by atoms with E-state index in [1.165, 1.54) is 5.01 Å². The fraction of sp³-hybridized carbons (Fsp3) is 0.292. The van der Waals surface area contributed by atoms with Crippen LogP contribution in [-0.2, 0) is 22.6 Å². The van der Waals surface area contributed by atoms with Crippen LogP contribution in [-0.4, -0.2) is 34.3 Å². The highest BCUT2D eigenvalue weighted by Crippen LogP contribution is 2.19. The molecule has 0 atom stereocenters. The SMILES string of the molecule is CC(C)(C)OC(=O)CN(Cc1cc(-c2ccccc2)no1)NC(=O)NCc1ccccc1. The Kier molecular flexibility index (Phi) is 7.62. The molecule has 0 aliphatic carbocycles. The van der Waals surface area contributed by atoms with Gasteiger partial charge in [-0.1, -0.05) is 65.8 Å². The highest BCUT2D eigenvalue weighted by atomic mass is 16.6. The molecule has 8 heteroatoms. The molecule has 0 bridgehead atoms. The first kappa shape index (κ1) is 23.0. The van der Waals surface area contributed by atoms with Crippen LogP contribution < -0.4 is 10.7 Å². The summed E-state index contributed by atoms with van der Waals surface area (Å²) in [6, 6.07) is 20.5. The van der Waals surface area contributed by atoms with Gasteiger partial charge in [-0.3, -0.25) is 10.2 Å². The highest BCUT2D eigenvalue weighted by Gasteiger charge is 2.22. The molecule has 0 unspecified atom stereocenters. The quantitative estimate of drug-likeness (QED) is 0.411. The van der Waals surface area contributed by atoms with E-state index in [4.69, 9.17) is 9.26 Å². The Balaban J connectivity index is 1.65. The van der Waals surface area contributed by atoms with Crippen molar-refractivity contribution < 1.29 is 18.8 Å². The zero-order valence-corrected chi connectivity index (χ0v) is 18.5. The number of benzene rings is 2. The van der Waals surface area contributed by atoms with E-state index in [9.17, 15) is 9.59 Å². The normalized spacial score (nSPS) is 11.2. The van der Waals surface area contributed by atoms with Gasteiger partial charge >= 0.3 is 12.0 Å². The molecule has 0 radical (unpaired) electrons. The molecular weight excluding hydrogens is 408 g/mol.